The molecule has 2 nitrogen and oxygen atoms in total. The largest absolute Gasteiger partial charge is 0.312 e. The van der Waals surface area contributed by atoms with Gasteiger partial charge in [-0.25, -0.2) is 4.39 Å². The summed E-state index contributed by atoms with van der Waals surface area (Å²) in [6, 6.07) is 5.46. The second kappa shape index (κ2) is 5.61. The molecular weight excluding hydrogens is 215 g/mol. The van der Waals surface area contributed by atoms with Gasteiger partial charge in [-0.15, -0.1) is 0 Å². The Bertz CT molecular complexity index is 378. The Balaban J connectivity index is 1.76. The van der Waals surface area contributed by atoms with E-state index >= 15 is 0 Å². The number of hydrogen-bond donors (Lipinski definition) is 1. The SMILES string of the molecule is Cc1ccc(CNCC2CCN(C)C2)cc1F. The molecule has 1 unspecified atom stereocenters. The van der Waals surface area contributed by atoms with Crippen LogP contribution in [0, 0.1) is 18.7 Å². The summed E-state index contributed by atoms with van der Waals surface area (Å²) in [5, 5.41) is 3.42. The van der Waals surface area contributed by atoms with E-state index in [1.807, 2.05) is 12.1 Å². The highest BCUT2D eigenvalue weighted by Gasteiger charge is 2.18. The van der Waals surface area contributed by atoms with Gasteiger partial charge in [-0.05, 0) is 56.6 Å². The van der Waals surface area contributed by atoms with Crippen molar-refractivity contribution in [2.24, 2.45) is 5.92 Å². The third-order valence-corrected chi connectivity index (χ3v) is 3.49. The molecule has 0 radical (unpaired) electrons. The molecule has 0 aliphatic carbocycles. The van der Waals surface area contributed by atoms with Crippen LogP contribution >= 0.6 is 0 Å². The van der Waals surface area contributed by atoms with Crippen molar-refractivity contribution >= 4 is 0 Å². The first-order valence-electron chi connectivity index (χ1n) is 6.29. The molecule has 17 heavy (non-hydrogen) atoms. The molecule has 0 saturated carbocycles. The van der Waals surface area contributed by atoms with Gasteiger partial charge < -0.3 is 10.2 Å². The summed E-state index contributed by atoms with van der Waals surface area (Å²) < 4.78 is 13.3. The molecule has 0 amide bonds. The van der Waals surface area contributed by atoms with E-state index in [0.717, 1.165) is 24.6 Å². The highest BCUT2D eigenvalue weighted by atomic mass is 19.1. The zero-order valence-electron chi connectivity index (χ0n) is 10.7. The van der Waals surface area contributed by atoms with Crippen molar-refractivity contribution in [1.82, 2.24) is 10.2 Å². The van der Waals surface area contributed by atoms with Crippen molar-refractivity contribution in [3.05, 3.63) is 35.1 Å². The molecule has 94 valence electrons. The Morgan fingerprint density at radius 2 is 2.29 bits per heavy atom. The molecule has 0 spiro atoms. The maximum atomic E-state index is 13.3. The van der Waals surface area contributed by atoms with E-state index in [0.29, 0.717) is 5.56 Å². The van der Waals surface area contributed by atoms with Gasteiger partial charge in [-0.1, -0.05) is 12.1 Å². The van der Waals surface area contributed by atoms with Crippen LogP contribution in [0.2, 0.25) is 0 Å². The van der Waals surface area contributed by atoms with Crippen LogP contribution in [0.4, 0.5) is 4.39 Å². The van der Waals surface area contributed by atoms with Crippen molar-refractivity contribution in [2.45, 2.75) is 19.9 Å². The Labute approximate surface area is 103 Å². The van der Waals surface area contributed by atoms with Crippen LogP contribution < -0.4 is 5.32 Å². The van der Waals surface area contributed by atoms with Gasteiger partial charge in [0.15, 0.2) is 0 Å². The number of hydrogen-bond acceptors (Lipinski definition) is 2. The van der Waals surface area contributed by atoms with Crippen LogP contribution in [0.1, 0.15) is 17.5 Å². The lowest BCUT2D eigenvalue weighted by Gasteiger charge is -2.12. The molecule has 1 aliphatic heterocycles. The smallest absolute Gasteiger partial charge is 0.126 e. The van der Waals surface area contributed by atoms with Crippen LogP contribution in [-0.2, 0) is 6.54 Å². The number of rotatable bonds is 4. The monoisotopic (exact) mass is 236 g/mol. The Hall–Kier alpha value is -0.930. The van der Waals surface area contributed by atoms with E-state index in [4.69, 9.17) is 0 Å². The van der Waals surface area contributed by atoms with Crippen molar-refractivity contribution in [1.29, 1.82) is 0 Å². The number of likely N-dealkylation sites (tertiary alicyclic amines) is 1. The molecule has 1 fully saturated rings. The highest BCUT2D eigenvalue weighted by molar-refractivity contribution is 5.23. The fraction of sp³-hybridized carbons (Fsp3) is 0.571. The average Bonchev–Trinajstić information content (AvgIpc) is 2.70. The van der Waals surface area contributed by atoms with Crippen LogP contribution in [0.15, 0.2) is 18.2 Å². The average molecular weight is 236 g/mol. The summed E-state index contributed by atoms with van der Waals surface area (Å²) in [5.41, 5.74) is 1.74. The summed E-state index contributed by atoms with van der Waals surface area (Å²) >= 11 is 0. The molecule has 1 N–H and O–H groups in total. The predicted octanol–water partition coefficient (Wildman–Crippen LogP) is 2.18. The molecule has 3 heteroatoms. The lowest BCUT2D eigenvalue weighted by Crippen LogP contribution is -2.24. The van der Waals surface area contributed by atoms with Crippen LogP contribution in [0.3, 0.4) is 0 Å². The summed E-state index contributed by atoms with van der Waals surface area (Å²) in [6.07, 6.45) is 1.27. The second-order valence-electron chi connectivity index (χ2n) is 5.13. The Kier molecular flexibility index (Phi) is 4.13. The predicted molar refractivity (Wildman–Crippen MR) is 68.4 cm³/mol. The molecule has 1 aliphatic rings. The summed E-state index contributed by atoms with van der Waals surface area (Å²) in [4.78, 5) is 2.36. The summed E-state index contributed by atoms with van der Waals surface area (Å²) in [7, 11) is 2.16. The van der Waals surface area contributed by atoms with Crippen molar-refractivity contribution in [2.75, 3.05) is 26.7 Å². The lowest BCUT2D eigenvalue weighted by atomic mass is 10.1. The highest BCUT2D eigenvalue weighted by Crippen LogP contribution is 2.13. The molecule has 1 heterocycles. The van der Waals surface area contributed by atoms with Crippen molar-refractivity contribution in [3.63, 3.8) is 0 Å². The van der Waals surface area contributed by atoms with E-state index < -0.39 is 0 Å². The lowest BCUT2D eigenvalue weighted by molar-refractivity contribution is 0.388. The molecule has 1 saturated heterocycles. The normalized spacial score (nSPS) is 21.0. The minimum absolute atomic E-state index is 0.107. The molecular formula is C14H21FN2. The quantitative estimate of drug-likeness (QED) is 0.862. The first kappa shape index (κ1) is 12.5. The molecule has 0 aromatic heterocycles. The Morgan fingerprint density at radius 1 is 1.47 bits per heavy atom. The number of benzene rings is 1. The van der Waals surface area contributed by atoms with E-state index in [1.165, 1.54) is 19.5 Å². The standard InChI is InChI=1S/C14H21FN2/c1-11-3-4-12(7-14(11)15)8-16-9-13-5-6-17(2)10-13/h3-4,7,13,16H,5-6,8-10H2,1-2H3. The summed E-state index contributed by atoms with van der Waals surface area (Å²) in [5.74, 6) is 0.639. The Morgan fingerprint density at radius 3 is 2.94 bits per heavy atom. The van der Waals surface area contributed by atoms with Crippen LogP contribution in [0.25, 0.3) is 0 Å². The third-order valence-electron chi connectivity index (χ3n) is 3.49. The van der Waals surface area contributed by atoms with E-state index in [1.54, 1.807) is 13.0 Å². The van der Waals surface area contributed by atoms with E-state index in [9.17, 15) is 4.39 Å². The second-order valence-corrected chi connectivity index (χ2v) is 5.13. The van der Waals surface area contributed by atoms with E-state index in [-0.39, 0.29) is 5.82 Å². The van der Waals surface area contributed by atoms with Crippen LogP contribution in [-0.4, -0.2) is 31.6 Å². The number of nitrogens with one attached hydrogen (secondary N) is 1. The maximum Gasteiger partial charge on any atom is 0.126 e. The van der Waals surface area contributed by atoms with Gasteiger partial charge in [0.2, 0.25) is 0 Å². The molecule has 1 aromatic rings. The number of nitrogens with zero attached hydrogens (tertiary/aromatic N) is 1. The maximum absolute atomic E-state index is 13.3. The van der Waals surface area contributed by atoms with Gasteiger partial charge in [0.1, 0.15) is 5.82 Å². The van der Waals surface area contributed by atoms with Crippen molar-refractivity contribution < 1.29 is 4.39 Å². The zero-order chi connectivity index (χ0) is 12.3. The van der Waals surface area contributed by atoms with Gasteiger partial charge in [0.05, 0.1) is 0 Å². The molecule has 0 bridgehead atoms. The fourth-order valence-electron chi connectivity index (χ4n) is 2.36. The minimum Gasteiger partial charge on any atom is -0.312 e. The third kappa shape index (κ3) is 3.51. The van der Waals surface area contributed by atoms with Gasteiger partial charge in [-0.2, -0.15) is 0 Å². The number of halogens is 1. The van der Waals surface area contributed by atoms with Gasteiger partial charge in [0.25, 0.3) is 0 Å². The van der Waals surface area contributed by atoms with Crippen molar-refractivity contribution in [3.8, 4) is 0 Å². The first-order chi connectivity index (χ1) is 8.15. The molecule has 1 aromatic carbocycles. The first-order valence-corrected chi connectivity index (χ1v) is 6.29. The summed E-state index contributed by atoms with van der Waals surface area (Å²) in [6.45, 7) is 5.96. The van der Waals surface area contributed by atoms with E-state index in [2.05, 4.69) is 17.3 Å². The molecule has 1 atom stereocenters. The van der Waals surface area contributed by atoms with Gasteiger partial charge in [-0.3, -0.25) is 0 Å². The number of aryl methyl sites for hydroxylation is 1. The fourth-order valence-corrected chi connectivity index (χ4v) is 2.36. The van der Waals surface area contributed by atoms with Crippen LogP contribution in [0.5, 0.6) is 0 Å². The van der Waals surface area contributed by atoms with Gasteiger partial charge >= 0.3 is 0 Å². The molecule has 2 rings (SSSR count). The van der Waals surface area contributed by atoms with Gasteiger partial charge in [0, 0.05) is 13.1 Å². The topological polar surface area (TPSA) is 15.3 Å². The minimum atomic E-state index is -0.107. The zero-order valence-corrected chi connectivity index (χ0v) is 10.7.